The monoisotopic (exact) mass is 276 g/mol. The highest BCUT2D eigenvalue weighted by Gasteiger charge is 2.22. The van der Waals surface area contributed by atoms with Gasteiger partial charge in [-0.3, -0.25) is 4.79 Å². The van der Waals surface area contributed by atoms with Crippen molar-refractivity contribution in [3.8, 4) is 5.75 Å². The fourth-order valence-corrected chi connectivity index (χ4v) is 2.18. The highest BCUT2D eigenvalue weighted by atomic mass is 16.5. The molecule has 0 aliphatic rings. The van der Waals surface area contributed by atoms with Crippen LogP contribution in [0.5, 0.6) is 5.75 Å². The molecule has 1 amide bonds. The van der Waals surface area contributed by atoms with Crippen molar-refractivity contribution in [2.75, 3.05) is 19.5 Å². The summed E-state index contributed by atoms with van der Waals surface area (Å²) in [6, 6.07) is 5.37. The summed E-state index contributed by atoms with van der Waals surface area (Å²) in [7, 11) is 4.61. The molecule has 0 aliphatic carbocycles. The minimum atomic E-state index is -0.508. The quantitative estimate of drug-likeness (QED) is 0.870. The van der Waals surface area contributed by atoms with Crippen molar-refractivity contribution in [3.63, 3.8) is 0 Å². The van der Waals surface area contributed by atoms with Crippen molar-refractivity contribution >= 4 is 28.5 Å². The van der Waals surface area contributed by atoms with E-state index >= 15 is 0 Å². The maximum atomic E-state index is 11.9. The summed E-state index contributed by atoms with van der Waals surface area (Å²) in [4.78, 5) is 23.3. The third-order valence-electron chi connectivity index (χ3n) is 3.09. The summed E-state index contributed by atoms with van der Waals surface area (Å²) in [6.07, 6.45) is 0. The third-order valence-corrected chi connectivity index (χ3v) is 3.09. The molecular weight excluding hydrogens is 260 g/mol. The number of hydrogen-bond acceptors (Lipinski definition) is 4. The van der Waals surface area contributed by atoms with E-state index in [0.29, 0.717) is 17.1 Å². The fraction of sp³-hybridized carbons (Fsp3) is 0.286. The minimum Gasteiger partial charge on any atom is -0.497 e. The van der Waals surface area contributed by atoms with Crippen LogP contribution in [0.25, 0.3) is 10.9 Å². The number of rotatable bonds is 3. The Morgan fingerprint density at radius 2 is 1.95 bits per heavy atom. The molecule has 2 rings (SSSR count). The number of ether oxygens (including phenoxy) is 2. The summed E-state index contributed by atoms with van der Waals surface area (Å²) >= 11 is 0. The highest BCUT2D eigenvalue weighted by Crippen LogP contribution is 2.33. The van der Waals surface area contributed by atoms with E-state index in [1.807, 2.05) is 0 Å². The predicted molar refractivity (Wildman–Crippen MR) is 75.1 cm³/mol. The lowest BCUT2D eigenvalue weighted by Gasteiger charge is -2.05. The largest absolute Gasteiger partial charge is 0.497 e. The summed E-state index contributed by atoms with van der Waals surface area (Å²) < 4.78 is 11.6. The van der Waals surface area contributed by atoms with Gasteiger partial charge in [-0.05, 0) is 12.1 Å². The van der Waals surface area contributed by atoms with Gasteiger partial charge < -0.3 is 19.4 Å². The van der Waals surface area contributed by atoms with Crippen molar-refractivity contribution in [3.05, 3.63) is 23.9 Å². The van der Waals surface area contributed by atoms with E-state index < -0.39 is 5.97 Å². The molecule has 0 saturated heterocycles. The number of benzene rings is 1. The minimum absolute atomic E-state index is 0.251. The van der Waals surface area contributed by atoms with Gasteiger partial charge in [-0.25, -0.2) is 4.79 Å². The summed E-state index contributed by atoms with van der Waals surface area (Å²) in [6.45, 7) is 1.39. The average Bonchev–Trinajstić information content (AvgIpc) is 2.70. The number of esters is 1. The zero-order chi connectivity index (χ0) is 14.9. The number of hydrogen-bond donors (Lipinski definition) is 1. The Bertz CT molecular complexity index is 688. The Kier molecular flexibility index (Phi) is 3.65. The molecule has 2 aromatic rings. The SMILES string of the molecule is COC(=O)c1c(NC(C)=O)c2ccc(OC)cc2n1C. The number of methoxy groups -OCH3 is 2. The lowest BCUT2D eigenvalue weighted by atomic mass is 10.2. The van der Waals surface area contributed by atoms with Gasteiger partial charge in [-0.15, -0.1) is 0 Å². The first kappa shape index (κ1) is 13.9. The van der Waals surface area contributed by atoms with Gasteiger partial charge >= 0.3 is 5.97 Å². The molecule has 1 aromatic carbocycles. The van der Waals surface area contributed by atoms with E-state index in [1.165, 1.54) is 14.0 Å². The topological polar surface area (TPSA) is 69.6 Å². The normalized spacial score (nSPS) is 10.4. The molecule has 0 radical (unpaired) electrons. The van der Waals surface area contributed by atoms with Gasteiger partial charge in [-0.2, -0.15) is 0 Å². The number of amides is 1. The molecule has 1 heterocycles. The molecule has 0 atom stereocenters. The number of anilines is 1. The van der Waals surface area contributed by atoms with Crippen LogP contribution in [0.2, 0.25) is 0 Å². The van der Waals surface area contributed by atoms with E-state index in [-0.39, 0.29) is 5.91 Å². The molecule has 0 bridgehead atoms. The number of aromatic nitrogens is 1. The van der Waals surface area contributed by atoms with Crippen LogP contribution in [0.1, 0.15) is 17.4 Å². The molecule has 0 saturated carbocycles. The van der Waals surface area contributed by atoms with Crippen molar-refractivity contribution in [1.82, 2.24) is 4.57 Å². The Labute approximate surface area is 116 Å². The maximum Gasteiger partial charge on any atom is 0.356 e. The standard InChI is InChI=1S/C14H16N2O4/c1-8(17)15-12-10-6-5-9(19-3)7-11(10)16(2)13(12)14(18)20-4/h5-7H,1-4H3,(H,15,17). The molecule has 0 spiro atoms. The Hall–Kier alpha value is -2.50. The van der Waals surface area contributed by atoms with Gasteiger partial charge in [0.15, 0.2) is 5.69 Å². The van der Waals surface area contributed by atoms with Crippen LogP contribution in [0.3, 0.4) is 0 Å². The molecule has 106 valence electrons. The first-order valence-corrected chi connectivity index (χ1v) is 6.02. The summed E-state index contributed by atoms with van der Waals surface area (Å²) in [5.74, 6) is -0.0891. The number of nitrogens with one attached hydrogen (secondary N) is 1. The van der Waals surface area contributed by atoms with Crippen molar-refractivity contribution in [2.24, 2.45) is 7.05 Å². The average molecular weight is 276 g/mol. The van der Waals surface area contributed by atoms with Gasteiger partial charge in [-0.1, -0.05) is 0 Å². The summed E-state index contributed by atoms with van der Waals surface area (Å²) in [5, 5.41) is 3.44. The Morgan fingerprint density at radius 1 is 1.25 bits per heavy atom. The fourth-order valence-electron chi connectivity index (χ4n) is 2.18. The molecule has 0 unspecified atom stereocenters. The van der Waals surface area contributed by atoms with E-state index in [1.54, 1.807) is 36.9 Å². The number of aryl methyl sites for hydroxylation is 1. The van der Waals surface area contributed by atoms with Crippen molar-refractivity contribution in [1.29, 1.82) is 0 Å². The van der Waals surface area contributed by atoms with E-state index in [9.17, 15) is 9.59 Å². The third kappa shape index (κ3) is 2.20. The predicted octanol–water partition coefficient (Wildman–Crippen LogP) is 1.93. The molecule has 1 aromatic heterocycles. The van der Waals surface area contributed by atoms with Crippen molar-refractivity contribution < 1.29 is 19.1 Å². The number of carbonyl (C=O) groups excluding carboxylic acids is 2. The van der Waals surface area contributed by atoms with Crippen LogP contribution >= 0.6 is 0 Å². The van der Waals surface area contributed by atoms with Crippen LogP contribution in [0.15, 0.2) is 18.2 Å². The molecular formula is C14H16N2O4. The number of fused-ring (bicyclic) bond motifs is 1. The van der Waals surface area contributed by atoms with Gasteiger partial charge in [0.05, 0.1) is 25.4 Å². The second-order valence-electron chi connectivity index (χ2n) is 4.34. The molecule has 0 fully saturated rings. The van der Waals surface area contributed by atoms with Crippen LogP contribution in [-0.2, 0) is 16.6 Å². The molecule has 20 heavy (non-hydrogen) atoms. The molecule has 1 N–H and O–H groups in total. The van der Waals surface area contributed by atoms with Gasteiger partial charge in [0, 0.05) is 25.4 Å². The van der Waals surface area contributed by atoms with Gasteiger partial charge in [0.1, 0.15) is 5.75 Å². The molecule has 0 aliphatic heterocycles. The van der Waals surface area contributed by atoms with Crippen molar-refractivity contribution in [2.45, 2.75) is 6.92 Å². The smallest absolute Gasteiger partial charge is 0.356 e. The van der Waals surface area contributed by atoms with E-state index in [2.05, 4.69) is 5.32 Å². The number of carbonyl (C=O) groups is 2. The molecule has 6 nitrogen and oxygen atoms in total. The van der Waals surface area contributed by atoms with Gasteiger partial charge in [0.2, 0.25) is 5.91 Å². The van der Waals surface area contributed by atoms with E-state index in [0.717, 1.165) is 10.9 Å². The first-order chi connectivity index (χ1) is 9.49. The van der Waals surface area contributed by atoms with Crippen LogP contribution < -0.4 is 10.1 Å². The highest BCUT2D eigenvalue weighted by molar-refractivity contribution is 6.11. The van der Waals surface area contributed by atoms with Gasteiger partial charge in [0.25, 0.3) is 0 Å². The van der Waals surface area contributed by atoms with Crippen LogP contribution in [0.4, 0.5) is 5.69 Å². The zero-order valence-electron chi connectivity index (χ0n) is 11.8. The van der Waals surface area contributed by atoms with Crippen LogP contribution in [0, 0.1) is 0 Å². The molecule has 6 heteroatoms. The Balaban J connectivity index is 2.77. The second-order valence-corrected chi connectivity index (χ2v) is 4.34. The number of nitrogens with zero attached hydrogens (tertiary/aromatic N) is 1. The maximum absolute atomic E-state index is 11.9. The Morgan fingerprint density at radius 3 is 2.50 bits per heavy atom. The lowest BCUT2D eigenvalue weighted by Crippen LogP contribution is -2.13. The second kappa shape index (κ2) is 5.24. The zero-order valence-corrected chi connectivity index (χ0v) is 11.8. The van der Waals surface area contributed by atoms with Crippen LogP contribution in [-0.4, -0.2) is 30.7 Å². The lowest BCUT2D eigenvalue weighted by molar-refractivity contribution is -0.114. The first-order valence-electron chi connectivity index (χ1n) is 6.02. The van der Waals surface area contributed by atoms with E-state index in [4.69, 9.17) is 9.47 Å². The summed E-state index contributed by atoms with van der Waals surface area (Å²) in [5.41, 5.74) is 1.52.